The van der Waals surface area contributed by atoms with E-state index in [2.05, 4.69) is 20.3 Å². The number of alkyl halides is 2. The first kappa shape index (κ1) is 41.9. The minimum absolute atomic E-state index is 0.0173. The molecule has 2 aliphatic rings. The van der Waals surface area contributed by atoms with Gasteiger partial charge in [0, 0.05) is 17.8 Å². The second kappa shape index (κ2) is 19.6. The van der Waals surface area contributed by atoms with Gasteiger partial charge in [0.2, 0.25) is 0 Å². The van der Waals surface area contributed by atoms with Crippen molar-refractivity contribution in [2.24, 2.45) is 0 Å². The van der Waals surface area contributed by atoms with Gasteiger partial charge in [0.25, 0.3) is 11.5 Å². The van der Waals surface area contributed by atoms with Crippen LogP contribution in [0.4, 0.5) is 14.6 Å². The van der Waals surface area contributed by atoms with E-state index in [4.69, 9.17) is 42.6 Å². The molecule has 0 saturated carbocycles. The number of halogens is 2. The third-order valence-corrected chi connectivity index (χ3v) is 10.3. The maximum atomic E-state index is 16.5. The Morgan fingerprint density at radius 1 is 0.930 bits per heavy atom. The molecule has 4 N–H and O–H groups in total. The van der Waals surface area contributed by atoms with E-state index in [0.29, 0.717) is 5.56 Å². The summed E-state index contributed by atoms with van der Waals surface area (Å²) < 4.78 is 73.8. The van der Waals surface area contributed by atoms with Gasteiger partial charge in [0.1, 0.15) is 30.7 Å². The number of anilines is 1. The van der Waals surface area contributed by atoms with Crippen LogP contribution in [0.2, 0.25) is 0 Å². The second-order valence-electron chi connectivity index (χ2n) is 12.0. The Kier molecular flexibility index (Phi) is 14.4. The van der Waals surface area contributed by atoms with E-state index in [1.165, 1.54) is 10.9 Å². The topological polar surface area (TPSA) is 280 Å². The lowest BCUT2D eigenvalue weighted by molar-refractivity contribution is -0.0585. The summed E-state index contributed by atoms with van der Waals surface area (Å²) in [5, 5.41) is 30.4. The van der Waals surface area contributed by atoms with Crippen LogP contribution in [0, 0.1) is 22.7 Å². The van der Waals surface area contributed by atoms with E-state index >= 15 is 8.78 Å². The highest BCUT2D eigenvalue weighted by atomic mass is 31.2. The molecule has 5 heterocycles. The zero-order chi connectivity index (χ0) is 40.5. The lowest BCUT2D eigenvalue weighted by Crippen LogP contribution is -2.37. The van der Waals surface area contributed by atoms with Gasteiger partial charge in [-0.25, -0.2) is 28.5 Å². The molecule has 0 radical (unpaired) electrons. The first-order valence-corrected chi connectivity index (χ1v) is 19.2. The average molecular weight is 836 g/mol. The van der Waals surface area contributed by atoms with Crippen LogP contribution in [0.1, 0.15) is 35.7 Å². The van der Waals surface area contributed by atoms with Crippen molar-refractivity contribution in [3.05, 3.63) is 81.7 Å². The predicted molar refractivity (Wildman–Crippen MR) is 190 cm³/mol. The van der Waals surface area contributed by atoms with E-state index in [1.54, 1.807) is 30.3 Å². The largest absolute Gasteiger partial charge is 0.394 e. The van der Waals surface area contributed by atoms with Crippen molar-refractivity contribution in [3.8, 4) is 12.1 Å². The van der Waals surface area contributed by atoms with Crippen LogP contribution < -0.4 is 16.6 Å². The molecule has 2 aliphatic heterocycles. The molecule has 0 bridgehead atoms. The number of carbonyl (C=O) groups is 1. The van der Waals surface area contributed by atoms with Crippen molar-refractivity contribution < 1.29 is 55.7 Å². The molecular formula is C32H33F2N9O12P2. The minimum atomic E-state index is -2.77. The van der Waals surface area contributed by atoms with Crippen molar-refractivity contribution in [3.63, 3.8) is 0 Å². The number of aliphatic hydroxyl groups excluding tert-OH is 1. The molecule has 25 heteroatoms. The monoisotopic (exact) mass is 835 g/mol. The predicted octanol–water partition coefficient (Wildman–Crippen LogP) is 2.19. The number of hydrogen-bond donors (Lipinski definition) is 4. The average Bonchev–Trinajstić information content (AvgIpc) is 3.87. The van der Waals surface area contributed by atoms with Crippen molar-refractivity contribution in [1.29, 1.82) is 10.5 Å². The Hall–Kier alpha value is -4.74. The fourth-order valence-electron chi connectivity index (χ4n) is 5.68. The fourth-order valence-corrected chi connectivity index (χ4v) is 7.58. The van der Waals surface area contributed by atoms with Crippen LogP contribution in [-0.2, 0) is 32.1 Å². The van der Waals surface area contributed by atoms with Crippen LogP contribution in [0.3, 0.4) is 0 Å². The van der Waals surface area contributed by atoms with Gasteiger partial charge in [0.15, 0.2) is 41.8 Å². The third kappa shape index (κ3) is 9.87. The maximum Gasteiger partial charge on any atom is 0.333 e. The lowest BCUT2D eigenvalue weighted by atomic mass is 10.1. The highest BCUT2D eigenvalue weighted by molar-refractivity contribution is 7.41. The molecule has 57 heavy (non-hydrogen) atoms. The van der Waals surface area contributed by atoms with Crippen molar-refractivity contribution >= 4 is 40.1 Å². The summed E-state index contributed by atoms with van der Waals surface area (Å²) in [6, 6.07) is 13.0. The molecule has 1 aromatic carbocycles. The summed E-state index contributed by atoms with van der Waals surface area (Å²) in [5.74, 6) is -0.476. The SMILES string of the molecule is N#CCCOP(O)OC1C(COP(OCCC#N)OC2C(F)C(CO)OC2n2ccc(=O)[nH]c2=O)OC(n2cnc3c(NC(=O)c4ccccc4)ncnc32)C1F. The molecule has 2 fully saturated rings. The van der Waals surface area contributed by atoms with E-state index in [9.17, 15) is 24.4 Å². The first-order chi connectivity index (χ1) is 27.6. The number of aliphatic hydroxyl groups is 1. The van der Waals surface area contributed by atoms with Gasteiger partial charge in [-0.05, 0) is 12.1 Å². The molecule has 4 aromatic rings. The number of carbonyl (C=O) groups excluding carboxylic acids is 1. The molecule has 0 aliphatic carbocycles. The summed E-state index contributed by atoms with van der Waals surface area (Å²) >= 11 is 0. The summed E-state index contributed by atoms with van der Waals surface area (Å²) in [6.07, 6.45) is -10.3. The van der Waals surface area contributed by atoms with Gasteiger partial charge in [-0.15, -0.1) is 0 Å². The first-order valence-electron chi connectivity index (χ1n) is 16.9. The molecule has 3 aromatic heterocycles. The summed E-state index contributed by atoms with van der Waals surface area (Å²) in [4.78, 5) is 62.3. The molecule has 10 atom stereocenters. The van der Waals surface area contributed by atoms with Crippen LogP contribution in [0.15, 0.2) is 64.8 Å². The number of aromatic amines is 1. The highest BCUT2D eigenvalue weighted by Crippen LogP contribution is 2.49. The Morgan fingerprint density at radius 2 is 1.67 bits per heavy atom. The number of nitriles is 2. The standard InChI is InChI=1S/C32H33F2N9O12P2/c33-22-19(14-44)52-31(42-11-8-21(45)40-32(42)47)26(22)55-57(50-13-5-10-36)51-15-20-25(54-56(48)49-12-4-9-35)23(34)30(53-20)43-17-39-24-27(37-16-38-28(24)43)41-29(46)18-6-2-1-3-7-18/h1-3,6-8,11,16-17,19-20,22-23,25-26,30-31,44,48H,4-5,12-15H2,(H,40,45,47)(H,37,38,41,46). The molecule has 302 valence electrons. The van der Waals surface area contributed by atoms with Crippen LogP contribution in [0.5, 0.6) is 0 Å². The van der Waals surface area contributed by atoms with Gasteiger partial charge in [0.05, 0.1) is 57.7 Å². The smallest absolute Gasteiger partial charge is 0.333 e. The van der Waals surface area contributed by atoms with Gasteiger partial charge in [-0.2, -0.15) is 10.5 Å². The molecule has 2 saturated heterocycles. The number of benzene rings is 1. The van der Waals surface area contributed by atoms with E-state index in [1.807, 2.05) is 17.1 Å². The van der Waals surface area contributed by atoms with Crippen LogP contribution in [-0.4, -0.2) is 108 Å². The number of nitrogens with one attached hydrogen (secondary N) is 2. The number of hydrogen-bond acceptors (Lipinski definition) is 17. The second-order valence-corrected chi connectivity index (χ2v) is 14.1. The number of amides is 1. The van der Waals surface area contributed by atoms with E-state index in [-0.39, 0.29) is 43.0 Å². The highest BCUT2D eigenvalue weighted by Gasteiger charge is 2.51. The van der Waals surface area contributed by atoms with Crippen LogP contribution in [0.25, 0.3) is 11.2 Å². The number of imidazole rings is 1. The molecule has 10 unspecified atom stereocenters. The number of nitrogens with zero attached hydrogens (tertiary/aromatic N) is 7. The van der Waals surface area contributed by atoms with E-state index in [0.717, 1.165) is 23.2 Å². The number of rotatable bonds is 18. The Bertz CT molecular complexity index is 2190. The number of H-pyrrole nitrogens is 1. The normalized spacial score (nSPS) is 25.5. The van der Waals surface area contributed by atoms with Gasteiger partial charge >= 0.3 is 22.9 Å². The van der Waals surface area contributed by atoms with Gasteiger partial charge < -0.3 is 47.4 Å². The van der Waals surface area contributed by atoms with Crippen molar-refractivity contribution in [2.45, 2.75) is 62.1 Å². The fraction of sp³-hybridized carbons (Fsp3) is 0.438. The van der Waals surface area contributed by atoms with Crippen molar-refractivity contribution in [2.75, 3.05) is 31.7 Å². The molecular weight excluding hydrogens is 802 g/mol. The number of ether oxygens (including phenoxy) is 2. The Balaban J connectivity index is 1.24. The third-order valence-electron chi connectivity index (χ3n) is 8.33. The van der Waals surface area contributed by atoms with Gasteiger partial charge in [-0.1, -0.05) is 18.2 Å². The summed E-state index contributed by atoms with van der Waals surface area (Å²) in [6.45, 7) is -1.94. The number of fused-ring (bicyclic) bond motifs is 1. The summed E-state index contributed by atoms with van der Waals surface area (Å²) in [7, 11) is -5.44. The van der Waals surface area contributed by atoms with Crippen molar-refractivity contribution in [1.82, 2.24) is 29.1 Å². The molecule has 21 nitrogen and oxygen atoms in total. The zero-order valence-electron chi connectivity index (χ0n) is 29.3. The van der Waals surface area contributed by atoms with Crippen LogP contribution >= 0.6 is 17.2 Å². The quantitative estimate of drug-likeness (QED) is 0.0825. The maximum absolute atomic E-state index is 16.5. The summed E-state index contributed by atoms with van der Waals surface area (Å²) in [5.41, 5.74) is -1.25. The Labute approximate surface area is 322 Å². The molecule has 6 rings (SSSR count). The number of aromatic nitrogens is 6. The van der Waals surface area contributed by atoms with Gasteiger partial charge in [-0.3, -0.25) is 23.7 Å². The zero-order valence-corrected chi connectivity index (χ0v) is 31.1. The molecule has 0 spiro atoms. The Morgan fingerprint density at radius 3 is 2.39 bits per heavy atom. The minimum Gasteiger partial charge on any atom is -0.394 e. The molecule has 1 amide bonds. The lowest BCUT2D eigenvalue weighted by Gasteiger charge is -2.27. The van der Waals surface area contributed by atoms with E-state index < -0.39 is 96.8 Å².